The Balaban J connectivity index is 1.39. The van der Waals surface area contributed by atoms with Crippen molar-refractivity contribution in [2.75, 3.05) is 12.8 Å². The van der Waals surface area contributed by atoms with Crippen LogP contribution in [0.5, 0.6) is 0 Å². The van der Waals surface area contributed by atoms with Gasteiger partial charge in [-0.2, -0.15) is 0 Å². The van der Waals surface area contributed by atoms with Crippen LogP contribution >= 0.6 is 19.3 Å². The van der Waals surface area contributed by atoms with E-state index in [1.807, 2.05) is 49.6 Å². The molecule has 2 amide bonds. The van der Waals surface area contributed by atoms with E-state index in [1.165, 1.54) is 5.56 Å². The Labute approximate surface area is 216 Å². The Morgan fingerprint density at radius 1 is 1.08 bits per heavy atom. The summed E-state index contributed by atoms with van der Waals surface area (Å²) in [5.74, 6) is -0.397. The van der Waals surface area contributed by atoms with Gasteiger partial charge in [0.15, 0.2) is 20.3 Å². The van der Waals surface area contributed by atoms with Crippen molar-refractivity contribution in [3.63, 3.8) is 0 Å². The molecule has 3 rings (SSSR count). The summed E-state index contributed by atoms with van der Waals surface area (Å²) in [5, 5.41) is 8.29. The van der Waals surface area contributed by atoms with Gasteiger partial charge in [-0.1, -0.05) is 73.2 Å². The molecule has 1 heterocycles. The molecule has 0 bridgehead atoms. The Kier molecular flexibility index (Phi) is 11.0. The van der Waals surface area contributed by atoms with Gasteiger partial charge in [-0.15, -0.1) is 11.3 Å². The fraction of sp³-hybridized carbons (Fsp3) is 0.346. The van der Waals surface area contributed by atoms with Crippen molar-refractivity contribution in [2.45, 2.75) is 39.3 Å². The maximum absolute atomic E-state index is 12.7. The van der Waals surface area contributed by atoms with Gasteiger partial charge >= 0.3 is 6.09 Å². The zero-order valence-electron chi connectivity index (χ0n) is 20.4. The summed E-state index contributed by atoms with van der Waals surface area (Å²) in [7, 11) is -2.16. The zero-order valence-corrected chi connectivity index (χ0v) is 22.1. The number of carbonyl (C=O) groups excluding carboxylic acids is 2. The summed E-state index contributed by atoms with van der Waals surface area (Å²) < 4.78 is 9.26. The van der Waals surface area contributed by atoms with E-state index in [0.717, 1.165) is 29.0 Å². The molecule has 0 aliphatic heterocycles. The molecule has 2 aromatic carbocycles. The van der Waals surface area contributed by atoms with Crippen LogP contribution in [0.2, 0.25) is 0 Å². The van der Waals surface area contributed by atoms with Crippen molar-refractivity contribution in [3.05, 3.63) is 77.3 Å². The number of aromatic nitrogens is 1. The van der Waals surface area contributed by atoms with E-state index in [2.05, 4.69) is 44.6 Å². The molecule has 190 valence electrons. The van der Waals surface area contributed by atoms with Gasteiger partial charge < -0.3 is 14.9 Å². The number of nitrogens with zero attached hydrogens (tertiary/aromatic N) is 2. The number of alkyl carbamates (subject to hydrolysis) is 1. The largest absolute Gasteiger partial charge is 0.611 e. The third-order valence-corrected chi connectivity index (χ3v) is 7.06. The van der Waals surface area contributed by atoms with Crippen LogP contribution < -0.4 is 15.5 Å². The number of benzene rings is 2. The standard InChI is InChI=1S/C26H31N4O4PS/c1-19(2)23(30-35(33)18-29-26(32)34-17-21-7-4-3-5-8-21)24(31)27-14-6-9-20-10-12-22(13-11-20)25-28-15-16-36-25/h3-5,7-8,10-13,15-16,19,23H,6,9,14,17-18H2,1-2H3,(H,27,31)(H,29,32)/t23-/m0/s1. The highest BCUT2D eigenvalue weighted by Gasteiger charge is 2.24. The molecule has 0 saturated carbocycles. The number of thiazole rings is 1. The monoisotopic (exact) mass is 526 g/mol. The predicted octanol–water partition coefficient (Wildman–Crippen LogP) is 4.71. The fourth-order valence-electron chi connectivity index (χ4n) is 3.36. The minimum atomic E-state index is -2.16. The molecule has 0 aliphatic carbocycles. The van der Waals surface area contributed by atoms with Crippen LogP contribution in [0, 0.1) is 5.92 Å². The van der Waals surface area contributed by atoms with Gasteiger partial charge in [-0.25, -0.2) is 9.78 Å². The highest BCUT2D eigenvalue weighted by Crippen LogP contribution is 2.22. The summed E-state index contributed by atoms with van der Waals surface area (Å²) in [5.41, 5.74) is 3.13. The van der Waals surface area contributed by atoms with E-state index >= 15 is 0 Å². The number of aryl methyl sites for hydroxylation is 1. The second kappa shape index (κ2) is 14.4. The number of nitrogens with one attached hydrogen (secondary N) is 2. The Morgan fingerprint density at radius 3 is 2.50 bits per heavy atom. The maximum atomic E-state index is 12.7. The molecule has 0 radical (unpaired) electrons. The topological polar surface area (TPSA) is 116 Å². The first-order chi connectivity index (χ1) is 17.4. The number of hydrogen-bond donors (Lipinski definition) is 2. The van der Waals surface area contributed by atoms with E-state index in [9.17, 15) is 14.5 Å². The minimum absolute atomic E-state index is 0.119. The van der Waals surface area contributed by atoms with E-state index in [-0.39, 0.29) is 24.7 Å². The van der Waals surface area contributed by atoms with Crippen molar-refractivity contribution < 1.29 is 19.2 Å². The van der Waals surface area contributed by atoms with Gasteiger partial charge in [0, 0.05) is 23.7 Å². The van der Waals surface area contributed by atoms with E-state index < -0.39 is 20.1 Å². The average molecular weight is 527 g/mol. The van der Waals surface area contributed by atoms with Gasteiger partial charge in [-0.3, -0.25) is 10.1 Å². The second-order valence-corrected chi connectivity index (χ2v) is 10.6. The quantitative estimate of drug-likeness (QED) is 0.262. The van der Waals surface area contributed by atoms with E-state index in [1.54, 1.807) is 17.5 Å². The molecule has 36 heavy (non-hydrogen) atoms. The lowest BCUT2D eigenvalue weighted by Crippen LogP contribution is -2.37. The third kappa shape index (κ3) is 9.15. The second-order valence-electron chi connectivity index (χ2n) is 8.48. The number of amides is 2. The van der Waals surface area contributed by atoms with Crippen LogP contribution in [-0.4, -0.2) is 35.9 Å². The number of carbonyl (C=O) groups is 2. The van der Waals surface area contributed by atoms with Crippen molar-refractivity contribution in [1.29, 1.82) is 0 Å². The molecular weight excluding hydrogens is 495 g/mol. The van der Waals surface area contributed by atoms with Crippen LogP contribution in [0.25, 0.3) is 10.6 Å². The van der Waals surface area contributed by atoms with Gasteiger partial charge in [0.25, 0.3) is 0 Å². The Morgan fingerprint density at radius 2 is 1.83 bits per heavy atom. The fourth-order valence-corrected chi connectivity index (χ4v) is 5.00. The van der Waals surface area contributed by atoms with Crippen molar-refractivity contribution in [3.8, 4) is 10.6 Å². The summed E-state index contributed by atoms with van der Waals surface area (Å²) in [4.78, 5) is 41.2. The normalized spacial score (nSPS) is 12.3. The molecule has 0 fully saturated rings. The first-order valence-corrected chi connectivity index (χ1v) is 14.1. The van der Waals surface area contributed by atoms with Gasteiger partial charge in [-0.05, 0) is 29.9 Å². The lowest BCUT2D eigenvalue weighted by molar-refractivity contribution is -0.156. The first kappa shape index (κ1) is 27.5. The van der Waals surface area contributed by atoms with Crippen LogP contribution in [0.4, 0.5) is 4.79 Å². The molecule has 10 heteroatoms. The summed E-state index contributed by atoms with van der Waals surface area (Å²) >= 11 is 1.61. The van der Waals surface area contributed by atoms with E-state index in [0.29, 0.717) is 6.54 Å². The van der Waals surface area contributed by atoms with Gasteiger partial charge in [0.1, 0.15) is 11.6 Å². The molecule has 1 unspecified atom stereocenters. The molecule has 8 nitrogen and oxygen atoms in total. The molecule has 2 N–H and O–H groups in total. The lowest BCUT2D eigenvalue weighted by Gasteiger charge is -2.15. The van der Waals surface area contributed by atoms with Crippen LogP contribution in [0.3, 0.4) is 0 Å². The minimum Gasteiger partial charge on any atom is -0.611 e. The number of rotatable bonds is 12. The highest BCUT2D eigenvalue weighted by atomic mass is 32.1. The molecule has 0 aliphatic rings. The van der Waals surface area contributed by atoms with Crippen LogP contribution in [0.15, 0.2) is 70.9 Å². The smallest absolute Gasteiger partial charge is 0.410 e. The van der Waals surface area contributed by atoms with Crippen molar-refractivity contribution >= 4 is 31.3 Å². The van der Waals surface area contributed by atoms with Gasteiger partial charge in [0.2, 0.25) is 5.91 Å². The van der Waals surface area contributed by atoms with Crippen molar-refractivity contribution in [1.82, 2.24) is 15.6 Å². The molecule has 3 aromatic rings. The number of ether oxygens (including phenoxy) is 1. The number of hydrogen-bond acceptors (Lipinski definition) is 7. The Hall–Kier alpha value is -3.13. The first-order valence-electron chi connectivity index (χ1n) is 11.8. The van der Waals surface area contributed by atoms with Crippen molar-refractivity contribution in [2.24, 2.45) is 10.7 Å². The molecule has 2 atom stereocenters. The molecule has 1 aromatic heterocycles. The lowest BCUT2D eigenvalue weighted by atomic mass is 10.0. The highest BCUT2D eigenvalue weighted by molar-refractivity contribution is 7.39. The van der Waals surface area contributed by atoms with E-state index in [4.69, 9.17) is 4.74 Å². The SMILES string of the molecule is CC(C)[C@H](N=[P+]([O-])CNC(=O)OCc1ccccc1)C(=O)NCCCc1ccc(-c2nccs2)cc1. The molecular formula is C26H31N4O4PS. The summed E-state index contributed by atoms with van der Waals surface area (Å²) in [6.45, 7) is 4.31. The third-order valence-electron chi connectivity index (χ3n) is 5.30. The predicted molar refractivity (Wildman–Crippen MR) is 141 cm³/mol. The maximum Gasteiger partial charge on any atom is 0.410 e. The Bertz CT molecular complexity index is 1120. The summed E-state index contributed by atoms with van der Waals surface area (Å²) in [6, 6.07) is 16.8. The van der Waals surface area contributed by atoms with Crippen LogP contribution in [-0.2, 0) is 22.6 Å². The molecule has 0 saturated heterocycles. The summed E-state index contributed by atoms with van der Waals surface area (Å²) in [6.07, 6.45) is 2.53. The van der Waals surface area contributed by atoms with Crippen LogP contribution in [0.1, 0.15) is 31.4 Å². The van der Waals surface area contributed by atoms with Gasteiger partial charge in [0.05, 0.1) is 0 Å². The zero-order chi connectivity index (χ0) is 25.8. The average Bonchev–Trinajstić information content (AvgIpc) is 3.43. The molecule has 0 spiro atoms.